The number of nitrogens with zero attached hydrogens (tertiary/aromatic N) is 2. The quantitative estimate of drug-likeness (QED) is 0.126. The molecule has 0 heterocycles. The zero-order chi connectivity index (χ0) is 49.4. The Hall–Kier alpha value is -7.16. The third-order valence-electron chi connectivity index (χ3n) is 15.0. The van der Waals surface area contributed by atoms with Crippen LogP contribution >= 0.6 is 0 Å². The molecule has 0 N–H and O–H groups in total. The van der Waals surface area contributed by atoms with E-state index in [1.165, 1.54) is 155 Å². The summed E-state index contributed by atoms with van der Waals surface area (Å²) in [5.41, 5.74) is 27.6. The van der Waals surface area contributed by atoms with Gasteiger partial charge in [0.05, 0.1) is 11.4 Å². The minimum atomic E-state index is 0.276. The topological polar surface area (TPSA) is 6.48 Å². The van der Waals surface area contributed by atoms with Crippen molar-refractivity contribution in [2.75, 3.05) is 9.80 Å². The maximum absolute atomic E-state index is 2.58. The van der Waals surface area contributed by atoms with Crippen LogP contribution in [0.25, 0.3) is 54.6 Å². The van der Waals surface area contributed by atoms with E-state index in [1.54, 1.807) is 0 Å². The summed E-state index contributed by atoms with van der Waals surface area (Å²) in [5.74, 6) is 0.551. The van der Waals surface area contributed by atoms with E-state index >= 15 is 0 Å². The highest BCUT2D eigenvalue weighted by atomic mass is 15.2. The summed E-state index contributed by atoms with van der Waals surface area (Å²) in [6, 6.07) is 56.3. The van der Waals surface area contributed by atoms with Crippen LogP contribution in [-0.4, -0.2) is 0 Å². The lowest BCUT2D eigenvalue weighted by atomic mass is 9.83. The fraction of sp³-hybridized carbons (Fsp3) is 0.235. The molecular weight excluding hydrogens is 845 g/mol. The molecule has 0 atom stereocenters. The average molecular weight is 913 g/mol. The van der Waals surface area contributed by atoms with Gasteiger partial charge in [-0.15, -0.1) is 0 Å². The highest BCUT2D eigenvalue weighted by Crippen LogP contribution is 2.52. The van der Waals surface area contributed by atoms with Crippen molar-refractivity contribution in [1.29, 1.82) is 0 Å². The first-order valence-electron chi connectivity index (χ1n) is 25.4. The Morgan fingerprint density at radius 2 is 0.629 bits per heavy atom. The van der Waals surface area contributed by atoms with Gasteiger partial charge in [0.15, 0.2) is 0 Å². The molecule has 0 aromatic heterocycles. The largest absolute Gasteiger partial charge is 0.310 e. The Kier molecular flexibility index (Phi) is 12.0. The van der Waals surface area contributed by atoms with Crippen LogP contribution in [0.5, 0.6) is 0 Å². The normalized spacial score (nSPS) is 11.8. The molecule has 0 saturated heterocycles. The van der Waals surface area contributed by atoms with Crippen LogP contribution in [0.2, 0.25) is 0 Å². The first-order chi connectivity index (χ1) is 33.5. The van der Waals surface area contributed by atoms with Gasteiger partial charge in [0.1, 0.15) is 0 Å². The third-order valence-corrected chi connectivity index (χ3v) is 15.0. The molecule has 2 heteroatoms. The highest BCUT2D eigenvalue weighted by Gasteiger charge is 2.28. The van der Waals surface area contributed by atoms with E-state index in [0.29, 0.717) is 0 Å². The molecule has 10 aromatic carbocycles. The summed E-state index contributed by atoms with van der Waals surface area (Å²) >= 11 is 0. The van der Waals surface area contributed by atoms with E-state index < -0.39 is 0 Å². The zero-order valence-electron chi connectivity index (χ0n) is 43.9. The minimum Gasteiger partial charge on any atom is -0.310 e. The van der Waals surface area contributed by atoms with Crippen LogP contribution in [0.1, 0.15) is 106 Å². The molecule has 0 aliphatic rings. The molecular formula is C68H68N2. The van der Waals surface area contributed by atoms with Crippen molar-refractivity contribution < 1.29 is 0 Å². The predicted molar refractivity (Wildman–Crippen MR) is 306 cm³/mol. The first-order valence-corrected chi connectivity index (χ1v) is 25.4. The average Bonchev–Trinajstić information content (AvgIpc) is 3.29. The van der Waals surface area contributed by atoms with Crippen LogP contribution in [0.15, 0.2) is 146 Å². The summed E-state index contributed by atoms with van der Waals surface area (Å²) in [6.07, 6.45) is 0. The van der Waals surface area contributed by atoms with Crippen molar-refractivity contribution >= 4 is 66.4 Å². The van der Waals surface area contributed by atoms with Crippen molar-refractivity contribution in [1.82, 2.24) is 0 Å². The van der Waals surface area contributed by atoms with Gasteiger partial charge in [0.2, 0.25) is 0 Å². The molecule has 0 unspecified atom stereocenters. The number of hydrogen-bond acceptors (Lipinski definition) is 2. The summed E-state index contributed by atoms with van der Waals surface area (Å²) < 4.78 is 0. The smallest absolute Gasteiger partial charge is 0.0543 e. The summed E-state index contributed by atoms with van der Waals surface area (Å²) in [5, 5.41) is 7.83. The lowest BCUT2D eigenvalue weighted by Crippen LogP contribution is -2.15. The van der Waals surface area contributed by atoms with Crippen LogP contribution in [0, 0.1) is 69.2 Å². The van der Waals surface area contributed by atoms with Crippen LogP contribution in [0.3, 0.4) is 0 Å². The second-order valence-corrected chi connectivity index (χ2v) is 21.2. The van der Waals surface area contributed by atoms with Gasteiger partial charge < -0.3 is 9.80 Å². The number of anilines is 6. The predicted octanol–water partition coefficient (Wildman–Crippen LogP) is 20.2. The Balaban J connectivity index is 1.33. The van der Waals surface area contributed by atoms with Crippen molar-refractivity contribution in [2.45, 2.75) is 109 Å². The molecule has 0 amide bonds. The van der Waals surface area contributed by atoms with Gasteiger partial charge in [0.25, 0.3) is 0 Å². The molecule has 0 aliphatic heterocycles. The maximum atomic E-state index is 2.58. The molecule has 0 bridgehead atoms. The summed E-state index contributed by atoms with van der Waals surface area (Å²) in [4.78, 5) is 5.16. The van der Waals surface area contributed by atoms with Crippen LogP contribution in [0.4, 0.5) is 34.1 Å². The minimum absolute atomic E-state index is 0.276. The van der Waals surface area contributed by atoms with Gasteiger partial charge in [-0.1, -0.05) is 125 Å². The van der Waals surface area contributed by atoms with Crippen molar-refractivity contribution in [2.24, 2.45) is 0 Å². The van der Waals surface area contributed by atoms with Crippen LogP contribution < -0.4 is 9.80 Å². The number of rotatable bonds is 10. The van der Waals surface area contributed by atoms with Crippen LogP contribution in [-0.2, 0) is 0 Å². The molecule has 350 valence electrons. The monoisotopic (exact) mass is 913 g/mol. The number of benzene rings is 10. The lowest BCUT2D eigenvalue weighted by molar-refractivity contribution is 0.875. The van der Waals surface area contributed by atoms with Gasteiger partial charge in [-0.3, -0.25) is 0 Å². The van der Waals surface area contributed by atoms with Crippen molar-refractivity contribution in [3.05, 3.63) is 212 Å². The lowest BCUT2D eigenvalue weighted by Gasteiger charge is -2.33. The fourth-order valence-electron chi connectivity index (χ4n) is 11.9. The molecule has 10 rings (SSSR count). The molecule has 0 saturated carbocycles. The van der Waals surface area contributed by atoms with E-state index in [9.17, 15) is 0 Å². The SMILES string of the molecule is Cc1cc(C)cc(N(c2cc(-c3c(C)cccc3C)ccc2C)c2cc(C(C)C)c3ccc4c(N(c5cc(C)cc(C)c5)c5cc(-c6c(C)cccc6C)ccc5C)cc(C(C)C)c5ccc2c3c54)c1. The Labute approximate surface area is 417 Å². The van der Waals surface area contributed by atoms with E-state index in [2.05, 4.69) is 252 Å². The summed E-state index contributed by atoms with van der Waals surface area (Å²) in [7, 11) is 0. The third kappa shape index (κ3) is 8.02. The second-order valence-electron chi connectivity index (χ2n) is 21.2. The molecule has 70 heavy (non-hydrogen) atoms. The van der Waals surface area contributed by atoms with Gasteiger partial charge >= 0.3 is 0 Å². The molecule has 0 fully saturated rings. The second kappa shape index (κ2) is 18.0. The molecule has 0 aliphatic carbocycles. The zero-order valence-corrected chi connectivity index (χ0v) is 43.9. The Bertz CT molecular complexity index is 3350. The maximum Gasteiger partial charge on any atom is 0.0543 e. The summed E-state index contributed by atoms with van der Waals surface area (Å²) in [6.45, 7) is 31.9. The van der Waals surface area contributed by atoms with E-state index in [-0.39, 0.29) is 11.8 Å². The molecule has 10 aromatic rings. The van der Waals surface area contributed by atoms with Crippen molar-refractivity contribution in [3.63, 3.8) is 0 Å². The first kappa shape index (κ1) is 46.6. The molecule has 2 nitrogen and oxygen atoms in total. The van der Waals surface area contributed by atoms with Gasteiger partial charge in [-0.2, -0.15) is 0 Å². The van der Waals surface area contributed by atoms with Crippen molar-refractivity contribution in [3.8, 4) is 22.3 Å². The van der Waals surface area contributed by atoms with E-state index in [1.807, 2.05) is 0 Å². The van der Waals surface area contributed by atoms with Gasteiger partial charge in [-0.25, -0.2) is 0 Å². The van der Waals surface area contributed by atoms with E-state index in [4.69, 9.17) is 0 Å². The van der Waals surface area contributed by atoms with Gasteiger partial charge in [-0.05, 0) is 240 Å². The number of hydrogen-bond donors (Lipinski definition) is 0. The Morgan fingerprint density at radius 3 is 0.957 bits per heavy atom. The molecule has 0 spiro atoms. The van der Waals surface area contributed by atoms with Gasteiger partial charge in [0, 0.05) is 33.5 Å². The Morgan fingerprint density at radius 1 is 0.300 bits per heavy atom. The standard InChI is InChI=1S/C68H68N2/c1-39(2)59-37-63(69(53-31-41(5)29-42(6)32-53)61-35-51(23-21-45(61)9)65-47(11)17-15-18-48(65)12)57-28-26-56-60(40(3)4)38-64(58-27-25-55(59)67(57)68(56)58)70(54-33-43(7)30-44(8)34-54)62-36-52(24-22-46(62)10)66-49(13)19-16-20-50(66)14/h15-40H,1-14H3. The van der Waals surface area contributed by atoms with E-state index in [0.717, 1.165) is 0 Å². The number of aryl methyl sites for hydroxylation is 10. The highest BCUT2D eigenvalue weighted by molar-refractivity contribution is 6.29. The fourth-order valence-corrected chi connectivity index (χ4v) is 11.9. The molecule has 0 radical (unpaired) electrons.